The van der Waals surface area contributed by atoms with E-state index in [1.807, 2.05) is 0 Å². The van der Waals surface area contributed by atoms with Crippen LogP contribution in [0.1, 0.15) is 29.2 Å². The minimum atomic E-state index is 1.01. The van der Waals surface area contributed by atoms with Gasteiger partial charge in [-0.3, -0.25) is 0 Å². The maximum absolute atomic E-state index is 2.35. The van der Waals surface area contributed by atoms with Crippen molar-refractivity contribution in [1.82, 2.24) is 0 Å². The van der Waals surface area contributed by atoms with Crippen molar-refractivity contribution in [3.05, 3.63) is 168 Å². The molecule has 0 saturated heterocycles. The molecule has 0 N–H and O–H groups in total. The monoisotopic (exact) mass is 558 g/mol. The summed E-state index contributed by atoms with van der Waals surface area (Å²) in [7, 11) is 0. The van der Waals surface area contributed by atoms with E-state index < -0.39 is 0 Å². The standard InChI is InChI=1S/C41H38N2/c1-5-33-13-9-17-41(29-33)43(40-16-8-12-32(4)28-40)37-24-20-35(21-25-37)34-18-22-36(23-19-34)42(38-14-6-10-30(2)26-38)39-15-7-11-31(3)27-39/h6-29H,5H2,1-4H3. The van der Waals surface area contributed by atoms with Crippen molar-refractivity contribution < 1.29 is 0 Å². The van der Waals surface area contributed by atoms with E-state index in [0.29, 0.717) is 0 Å². The van der Waals surface area contributed by atoms with E-state index in [-0.39, 0.29) is 0 Å². The molecule has 6 rings (SSSR count). The molecular weight excluding hydrogens is 520 g/mol. The predicted octanol–water partition coefficient (Wildman–Crippen LogP) is 11.8. The molecule has 6 aromatic rings. The largest absolute Gasteiger partial charge is 0.310 e. The molecule has 0 spiro atoms. The van der Waals surface area contributed by atoms with Gasteiger partial charge < -0.3 is 9.80 Å². The topological polar surface area (TPSA) is 6.48 Å². The summed E-state index contributed by atoms with van der Waals surface area (Å²) in [6.07, 6.45) is 1.01. The van der Waals surface area contributed by atoms with Crippen LogP contribution < -0.4 is 9.80 Å². The molecule has 0 saturated carbocycles. The number of aryl methyl sites for hydroxylation is 4. The van der Waals surface area contributed by atoms with Crippen LogP contribution in [-0.2, 0) is 6.42 Å². The van der Waals surface area contributed by atoms with Crippen LogP contribution in [-0.4, -0.2) is 0 Å². The van der Waals surface area contributed by atoms with Gasteiger partial charge in [0.15, 0.2) is 0 Å². The van der Waals surface area contributed by atoms with Gasteiger partial charge in [0.05, 0.1) is 0 Å². The fourth-order valence-electron chi connectivity index (χ4n) is 5.72. The molecule has 6 aromatic carbocycles. The zero-order valence-corrected chi connectivity index (χ0v) is 25.5. The highest BCUT2D eigenvalue weighted by molar-refractivity contribution is 5.81. The van der Waals surface area contributed by atoms with E-state index in [0.717, 1.165) is 34.9 Å². The molecule has 0 heterocycles. The van der Waals surface area contributed by atoms with E-state index in [9.17, 15) is 0 Å². The molecule has 0 aliphatic heterocycles. The van der Waals surface area contributed by atoms with E-state index in [1.165, 1.54) is 39.1 Å². The van der Waals surface area contributed by atoms with Gasteiger partial charge in [0.25, 0.3) is 0 Å². The Labute approximate surface area is 256 Å². The van der Waals surface area contributed by atoms with Crippen LogP contribution in [0.5, 0.6) is 0 Å². The molecule has 0 aliphatic carbocycles. The van der Waals surface area contributed by atoms with Gasteiger partial charge in [0, 0.05) is 34.1 Å². The van der Waals surface area contributed by atoms with Crippen LogP contribution in [0.2, 0.25) is 0 Å². The summed E-state index contributed by atoms with van der Waals surface area (Å²) in [6, 6.07) is 52.8. The summed E-state index contributed by atoms with van der Waals surface area (Å²) < 4.78 is 0. The van der Waals surface area contributed by atoms with E-state index in [1.54, 1.807) is 0 Å². The van der Waals surface area contributed by atoms with Crippen LogP contribution >= 0.6 is 0 Å². The van der Waals surface area contributed by atoms with Gasteiger partial charge in [-0.25, -0.2) is 0 Å². The highest BCUT2D eigenvalue weighted by Gasteiger charge is 2.15. The molecule has 0 atom stereocenters. The summed E-state index contributed by atoms with van der Waals surface area (Å²) in [6.45, 7) is 8.64. The number of hydrogen-bond donors (Lipinski definition) is 0. The average Bonchev–Trinajstić information content (AvgIpc) is 3.02. The first-order valence-corrected chi connectivity index (χ1v) is 15.1. The summed E-state index contributed by atoms with van der Waals surface area (Å²) >= 11 is 0. The predicted molar refractivity (Wildman–Crippen MR) is 185 cm³/mol. The average molecular weight is 559 g/mol. The maximum atomic E-state index is 2.35. The molecular formula is C41H38N2. The molecule has 0 aromatic heterocycles. The van der Waals surface area contributed by atoms with Crippen LogP contribution in [0.25, 0.3) is 11.1 Å². The number of anilines is 6. The van der Waals surface area contributed by atoms with Gasteiger partial charge in [0.1, 0.15) is 0 Å². The molecule has 0 bridgehead atoms. The lowest BCUT2D eigenvalue weighted by Gasteiger charge is -2.27. The first-order chi connectivity index (χ1) is 21.0. The Hall–Kier alpha value is -5.08. The van der Waals surface area contributed by atoms with Crippen molar-refractivity contribution in [2.45, 2.75) is 34.1 Å². The third-order valence-electron chi connectivity index (χ3n) is 7.94. The van der Waals surface area contributed by atoms with Crippen molar-refractivity contribution in [3.63, 3.8) is 0 Å². The number of benzene rings is 6. The van der Waals surface area contributed by atoms with Gasteiger partial charge in [-0.2, -0.15) is 0 Å². The SMILES string of the molecule is CCc1cccc(N(c2ccc(-c3ccc(N(c4cccc(C)c4)c4cccc(C)c4)cc3)cc2)c2cccc(C)c2)c1. The van der Waals surface area contributed by atoms with Gasteiger partial charge in [0.2, 0.25) is 0 Å². The molecule has 0 unspecified atom stereocenters. The molecule has 2 nitrogen and oxygen atoms in total. The van der Waals surface area contributed by atoms with Crippen molar-refractivity contribution in [2.24, 2.45) is 0 Å². The molecule has 2 heteroatoms. The van der Waals surface area contributed by atoms with Crippen molar-refractivity contribution in [3.8, 4) is 11.1 Å². The van der Waals surface area contributed by atoms with Gasteiger partial charge >= 0.3 is 0 Å². The normalized spacial score (nSPS) is 10.9. The molecule has 0 radical (unpaired) electrons. The van der Waals surface area contributed by atoms with Crippen molar-refractivity contribution in [1.29, 1.82) is 0 Å². The quantitative estimate of drug-likeness (QED) is 0.183. The number of hydrogen-bond acceptors (Lipinski definition) is 2. The minimum absolute atomic E-state index is 1.01. The second-order valence-corrected chi connectivity index (χ2v) is 11.3. The lowest BCUT2D eigenvalue weighted by Crippen LogP contribution is -2.10. The van der Waals surface area contributed by atoms with Crippen molar-refractivity contribution >= 4 is 34.1 Å². The highest BCUT2D eigenvalue weighted by Crippen LogP contribution is 2.38. The van der Waals surface area contributed by atoms with E-state index in [2.05, 4.69) is 183 Å². The Morgan fingerprint density at radius 1 is 0.372 bits per heavy atom. The third-order valence-corrected chi connectivity index (χ3v) is 7.94. The third kappa shape index (κ3) is 6.24. The van der Waals surface area contributed by atoms with Crippen LogP contribution in [0.15, 0.2) is 146 Å². The van der Waals surface area contributed by atoms with E-state index >= 15 is 0 Å². The van der Waals surface area contributed by atoms with Gasteiger partial charge in [-0.1, -0.05) is 79.7 Å². The lowest BCUT2D eigenvalue weighted by molar-refractivity contribution is 1.13. The Morgan fingerprint density at radius 3 is 1.07 bits per heavy atom. The Balaban J connectivity index is 1.34. The summed E-state index contributed by atoms with van der Waals surface area (Å²) in [4.78, 5) is 4.68. The summed E-state index contributed by atoms with van der Waals surface area (Å²) in [5.41, 5.74) is 14.4. The first-order valence-electron chi connectivity index (χ1n) is 15.1. The summed E-state index contributed by atoms with van der Waals surface area (Å²) in [5.74, 6) is 0. The fourth-order valence-corrected chi connectivity index (χ4v) is 5.72. The lowest BCUT2D eigenvalue weighted by atomic mass is 10.0. The Bertz CT molecular complexity index is 1790. The molecule has 0 aliphatic rings. The fraction of sp³-hybridized carbons (Fsp3) is 0.122. The van der Waals surface area contributed by atoms with Crippen LogP contribution in [0.4, 0.5) is 34.1 Å². The maximum Gasteiger partial charge on any atom is 0.0464 e. The summed E-state index contributed by atoms with van der Waals surface area (Å²) in [5, 5.41) is 0. The number of nitrogens with zero attached hydrogens (tertiary/aromatic N) is 2. The molecule has 212 valence electrons. The Kier molecular flexibility index (Phi) is 8.11. The zero-order chi connectivity index (χ0) is 29.8. The van der Waals surface area contributed by atoms with Gasteiger partial charge in [-0.05, 0) is 133 Å². The Morgan fingerprint density at radius 2 is 0.721 bits per heavy atom. The van der Waals surface area contributed by atoms with E-state index in [4.69, 9.17) is 0 Å². The second-order valence-electron chi connectivity index (χ2n) is 11.3. The molecule has 0 amide bonds. The first kappa shape index (κ1) is 28.1. The smallest absolute Gasteiger partial charge is 0.0464 e. The second kappa shape index (κ2) is 12.4. The zero-order valence-electron chi connectivity index (χ0n) is 25.5. The van der Waals surface area contributed by atoms with Crippen LogP contribution in [0.3, 0.4) is 0 Å². The highest BCUT2D eigenvalue weighted by atomic mass is 15.1. The van der Waals surface area contributed by atoms with Crippen molar-refractivity contribution in [2.75, 3.05) is 9.80 Å². The van der Waals surface area contributed by atoms with Gasteiger partial charge in [-0.15, -0.1) is 0 Å². The molecule has 0 fully saturated rings. The molecule has 43 heavy (non-hydrogen) atoms. The number of rotatable bonds is 8. The van der Waals surface area contributed by atoms with Crippen LogP contribution in [0, 0.1) is 20.8 Å². The minimum Gasteiger partial charge on any atom is -0.310 e.